The van der Waals surface area contributed by atoms with Crippen molar-refractivity contribution in [1.82, 2.24) is 14.7 Å². The average molecular weight is 332 g/mol. The maximum atomic E-state index is 10.7. The van der Waals surface area contributed by atoms with Gasteiger partial charge in [-0.1, -0.05) is 0 Å². The number of ether oxygens (including phenoxy) is 1. The average Bonchev–Trinajstić information content (AvgIpc) is 3.04. The Hall–Kier alpha value is -2.29. The lowest BCUT2D eigenvalue weighted by atomic mass is 10.1. The van der Waals surface area contributed by atoms with Crippen LogP contribution in [0.3, 0.4) is 0 Å². The molecule has 1 N–H and O–H groups in total. The molecule has 1 aliphatic rings. The quantitative estimate of drug-likeness (QED) is 0.630. The molecule has 1 fully saturated rings. The van der Waals surface area contributed by atoms with Gasteiger partial charge in [0, 0.05) is 43.5 Å². The van der Waals surface area contributed by atoms with Crippen molar-refractivity contribution in [2.24, 2.45) is 0 Å². The number of aliphatic hydroxyl groups is 1. The molecule has 0 unspecified atom stereocenters. The van der Waals surface area contributed by atoms with Gasteiger partial charge in [-0.25, -0.2) is 0 Å². The Morgan fingerprint density at radius 1 is 1.21 bits per heavy atom. The smallest absolute Gasteiger partial charge is 0.269 e. The number of rotatable bonds is 6. The van der Waals surface area contributed by atoms with Crippen molar-refractivity contribution in [3.8, 4) is 11.1 Å². The van der Waals surface area contributed by atoms with Gasteiger partial charge >= 0.3 is 0 Å². The van der Waals surface area contributed by atoms with Crippen molar-refractivity contribution < 1.29 is 14.8 Å². The second-order valence-corrected chi connectivity index (χ2v) is 5.82. The summed E-state index contributed by atoms with van der Waals surface area (Å²) in [6.07, 6.45) is 3.03. The van der Waals surface area contributed by atoms with Gasteiger partial charge in [0.2, 0.25) is 0 Å². The van der Waals surface area contributed by atoms with Gasteiger partial charge in [0.25, 0.3) is 5.69 Å². The number of nitro benzene ring substituents is 1. The Morgan fingerprint density at radius 2 is 1.92 bits per heavy atom. The number of β-amino-alcohol motifs (C(OH)–C–C–N with tert-alkyl or cyclic N) is 1. The minimum absolute atomic E-state index is 0.0621. The number of benzene rings is 1. The molecule has 0 bridgehead atoms. The summed E-state index contributed by atoms with van der Waals surface area (Å²) in [6, 6.07) is 6.34. The molecule has 1 atom stereocenters. The van der Waals surface area contributed by atoms with E-state index in [-0.39, 0.29) is 5.69 Å². The molecule has 1 aliphatic heterocycles. The molecule has 8 nitrogen and oxygen atoms in total. The highest BCUT2D eigenvalue weighted by Gasteiger charge is 2.16. The van der Waals surface area contributed by atoms with Crippen LogP contribution in [0, 0.1) is 10.1 Å². The summed E-state index contributed by atoms with van der Waals surface area (Å²) in [4.78, 5) is 12.4. The van der Waals surface area contributed by atoms with Gasteiger partial charge in [-0.3, -0.25) is 19.7 Å². The Bertz CT molecular complexity index is 680. The summed E-state index contributed by atoms with van der Waals surface area (Å²) in [7, 11) is 0. The minimum atomic E-state index is -0.507. The fourth-order valence-corrected chi connectivity index (χ4v) is 2.74. The van der Waals surface area contributed by atoms with Crippen LogP contribution in [0.1, 0.15) is 0 Å². The molecule has 1 saturated heterocycles. The maximum absolute atomic E-state index is 10.7. The summed E-state index contributed by atoms with van der Waals surface area (Å²) in [5, 5.41) is 25.2. The number of nitrogens with zero attached hydrogens (tertiary/aromatic N) is 4. The van der Waals surface area contributed by atoms with Crippen LogP contribution in [-0.2, 0) is 11.3 Å². The van der Waals surface area contributed by atoms with E-state index in [4.69, 9.17) is 4.74 Å². The van der Waals surface area contributed by atoms with E-state index >= 15 is 0 Å². The highest BCUT2D eigenvalue weighted by atomic mass is 16.6. The molecule has 1 aromatic heterocycles. The molecule has 0 saturated carbocycles. The maximum Gasteiger partial charge on any atom is 0.269 e. The van der Waals surface area contributed by atoms with Crippen molar-refractivity contribution in [2.45, 2.75) is 12.6 Å². The molecule has 2 heterocycles. The number of nitro groups is 1. The number of non-ortho nitro benzene ring substituents is 1. The number of hydrogen-bond acceptors (Lipinski definition) is 6. The normalized spacial score (nSPS) is 16.9. The van der Waals surface area contributed by atoms with E-state index in [1.165, 1.54) is 12.1 Å². The van der Waals surface area contributed by atoms with Crippen LogP contribution in [0.2, 0.25) is 0 Å². The van der Waals surface area contributed by atoms with Crippen LogP contribution in [0.15, 0.2) is 36.7 Å². The molecule has 2 aromatic rings. The van der Waals surface area contributed by atoms with E-state index in [2.05, 4.69) is 10.00 Å². The fourth-order valence-electron chi connectivity index (χ4n) is 2.74. The van der Waals surface area contributed by atoms with Crippen molar-refractivity contribution in [2.75, 3.05) is 32.8 Å². The van der Waals surface area contributed by atoms with E-state index < -0.39 is 11.0 Å². The summed E-state index contributed by atoms with van der Waals surface area (Å²) in [6.45, 7) is 4.09. The second kappa shape index (κ2) is 7.52. The van der Waals surface area contributed by atoms with Crippen LogP contribution in [0.25, 0.3) is 11.1 Å². The molecule has 0 aliphatic carbocycles. The first kappa shape index (κ1) is 16.6. The molecule has 3 rings (SSSR count). The summed E-state index contributed by atoms with van der Waals surface area (Å²) in [5.41, 5.74) is 1.78. The number of aliphatic hydroxyl groups excluding tert-OH is 1. The number of hydrogen-bond donors (Lipinski definition) is 1. The standard InChI is InChI=1S/C16H20N4O4/c21-16(11-18-5-7-24-8-6-18)12-19-10-14(9-17-19)13-1-3-15(4-2-13)20(22)23/h1-4,9-10,16,21H,5-8,11-12H2/t16-/m1/s1. The van der Waals surface area contributed by atoms with E-state index in [1.54, 1.807) is 23.0 Å². The monoisotopic (exact) mass is 332 g/mol. The van der Waals surface area contributed by atoms with Gasteiger partial charge in [0.15, 0.2) is 0 Å². The molecular formula is C16H20N4O4. The van der Waals surface area contributed by atoms with E-state index in [1.807, 2.05) is 6.20 Å². The lowest BCUT2D eigenvalue weighted by Crippen LogP contribution is -2.42. The fraction of sp³-hybridized carbons (Fsp3) is 0.438. The van der Waals surface area contributed by atoms with E-state index in [9.17, 15) is 15.2 Å². The first-order valence-electron chi connectivity index (χ1n) is 7.87. The van der Waals surface area contributed by atoms with Crippen LogP contribution in [0.4, 0.5) is 5.69 Å². The topological polar surface area (TPSA) is 93.7 Å². The van der Waals surface area contributed by atoms with Gasteiger partial charge < -0.3 is 9.84 Å². The predicted molar refractivity (Wildman–Crippen MR) is 87.6 cm³/mol. The van der Waals surface area contributed by atoms with Crippen molar-refractivity contribution in [3.63, 3.8) is 0 Å². The van der Waals surface area contributed by atoms with Gasteiger partial charge in [0.1, 0.15) is 0 Å². The third-order valence-corrected chi connectivity index (χ3v) is 4.02. The van der Waals surface area contributed by atoms with Crippen LogP contribution >= 0.6 is 0 Å². The van der Waals surface area contributed by atoms with Crippen LogP contribution in [-0.4, -0.2) is 63.7 Å². The molecule has 1 aromatic carbocycles. The molecule has 8 heteroatoms. The van der Waals surface area contributed by atoms with Gasteiger partial charge in [-0.2, -0.15) is 5.10 Å². The largest absolute Gasteiger partial charge is 0.390 e. The SMILES string of the molecule is O=[N+]([O-])c1ccc(-c2cnn(C[C@H](O)CN3CCOCC3)c2)cc1. The Balaban J connectivity index is 1.59. The van der Waals surface area contributed by atoms with Crippen LogP contribution < -0.4 is 0 Å². The van der Waals surface area contributed by atoms with Crippen LogP contribution in [0.5, 0.6) is 0 Å². The molecule has 0 radical (unpaired) electrons. The molecule has 24 heavy (non-hydrogen) atoms. The first-order valence-corrected chi connectivity index (χ1v) is 7.87. The first-order chi connectivity index (χ1) is 11.6. The van der Waals surface area contributed by atoms with Crippen molar-refractivity contribution >= 4 is 5.69 Å². The van der Waals surface area contributed by atoms with E-state index in [0.29, 0.717) is 26.3 Å². The molecule has 0 spiro atoms. The van der Waals surface area contributed by atoms with Gasteiger partial charge in [0.05, 0.1) is 37.0 Å². The summed E-state index contributed by atoms with van der Waals surface area (Å²) >= 11 is 0. The summed E-state index contributed by atoms with van der Waals surface area (Å²) < 4.78 is 6.99. The highest BCUT2D eigenvalue weighted by Crippen LogP contribution is 2.21. The Kier molecular flexibility index (Phi) is 5.19. The zero-order chi connectivity index (χ0) is 16.9. The molecule has 0 amide bonds. The Morgan fingerprint density at radius 3 is 2.58 bits per heavy atom. The second-order valence-electron chi connectivity index (χ2n) is 5.82. The summed E-state index contributed by atoms with van der Waals surface area (Å²) in [5.74, 6) is 0. The third kappa shape index (κ3) is 4.16. The zero-order valence-electron chi connectivity index (χ0n) is 13.2. The highest BCUT2D eigenvalue weighted by molar-refractivity contribution is 5.63. The van der Waals surface area contributed by atoms with Crippen molar-refractivity contribution in [1.29, 1.82) is 0 Å². The van der Waals surface area contributed by atoms with Gasteiger partial charge in [-0.05, 0) is 17.7 Å². The lowest BCUT2D eigenvalue weighted by Gasteiger charge is -2.28. The van der Waals surface area contributed by atoms with Crippen molar-refractivity contribution in [3.05, 3.63) is 46.8 Å². The zero-order valence-corrected chi connectivity index (χ0v) is 13.2. The molecule has 128 valence electrons. The lowest BCUT2D eigenvalue weighted by molar-refractivity contribution is -0.384. The number of morpholine rings is 1. The van der Waals surface area contributed by atoms with Gasteiger partial charge in [-0.15, -0.1) is 0 Å². The van der Waals surface area contributed by atoms with E-state index in [0.717, 1.165) is 24.2 Å². The minimum Gasteiger partial charge on any atom is -0.390 e. The Labute approximate surface area is 139 Å². The third-order valence-electron chi connectivity index (χ3n) is 4.02. The predicted octanol–water partition coefficient (Wildman–Crippen LogP) is 1.15. The molecular weight excluding hydrogens is 312 g/mol. The number of aromatic nitrogens is 2.